The fourth-order valence-corrected chi connectivity index (χ4v) is 8.55. The second kappa shape index (κ2) is 12.3. The lowest BCUT2D eigenvalue weighted by Crippen LogP contribution is -2.00. The zero-order valence-electron chi connectivity index (χ0n) is 28.8. The molecule has 11 aromatic rings. The first-order valence-electron chi connectivity index (χ1n) is 17.9. The number of aromatic nitrogens is 4. The topological polar surface area (TPSA) is 64.7 Å². The molecule has 0 unspecified atom stereocenters. The molecule has 0 aliphatic rings. The van der Waals surface area contributed by atoms with Crippen LogP contribution < -0.4 is 0 Å². The maximum Gasteiger partial charge on any atom is 0.227 e. The Morgan fingerprint density at radius 2 is 0.926 bits per heavy atom. The Balaban J connectivity index is 1.06. The molecule has 0 saturated heterocycles. The van der Waals surface area contributed by atoms with Crippen LogP contribution in [-0.4, -0.2) is 19.9 Å². The van der Waals surface area contributed by atoms with E-state index in [1.165, 1.54) is 21.0 Å². The highest BCUT2D eigenvalue weighted by Gasteiger charge is 2.19. The smallest absolute Gasteiger partial charge is 0.227 e. The summed E-state index contributed by atoms with van der Waals surface area (Å²) in [5.74, 6) is 2.49. The van der Waals surface area contributed by atoms with Crippen LogP contribution in [-0.2, 0) is 0 Å². The summed E-state index contributed by atoms with van der Waals surface area (Å²) >= 11 is 1.77. The summed E-state index contributed by atoms with van der Waals surface area (Å²) in [6, 6.07) is 58.8. The van der Waals surface area contributed by atoms with E-state index in [1.807, 2.05) is 60.7 Å². The van der Waals surface area contributed by atoms with Gasteiger partial charge in [-0.1, -0.05) is 127 Å². The molecule has 0 N–H and O–H groups in total. The quantitative estimate of drug-likeness (QED) is 0.178. The summed E-state index contributed by atoms with van der Waals surface area (Å²) in [4.78, 5) is 20.1. The Morgan fingerprint density at radius 1 is 0.370 bits per heavy atom. The van der Waals surface area contributed by atoms with Gasteiger partial charge in [-0.3, -0.25) is 0 Å². The third kappa shape index (κ3) is 5.15. The van der Waals surface area contributed by atoms with Gasteiger partial charge in [-0.25, -0.2) is 19.9 Å². The Morgan fingerprint density at radius 3 is 1.70 bits per heavy atom. The molecule has 0 fully saturated rings. The highest BCUT2D eigenvalue weighted by atomic mass is 32.1. The number of nitrogens with zero attached hydrogens (tertiary/aromatic N) is 4. The third-order valence-electron chi connectivity index (χ3n) is 10.1. The third-order valence-corrected chi connectivity index (χ3v) is 11.3. The van der Waals surface area contributed by atoms with E-state index in [1.54, 1.807) is 11.3 Å². The lowest BCUT2D eigenvalue weighted by Gasteiger charge is -2.10. The summed E-state index contributed by atoms with van der Waals surface area (Å²) in [5.41, 5.74) is 7.68. The van der Waals surface area contributed by atoms with Gasteiger partial charge in [0, 0.05) is 42.4 Å². The standard InChI is InChI=1S/C48H28N4OS/c1-3-10-32(11-4-1)45-50-46(33-19-15-30(16-20-33)36-21-17-29-9-7-8-14-35(29)27-36)52-47(51-45)37-22-18-31-23-25-40-42(38(31)28-37)43-41(54-40)26-24-39-44(43)53-48(49-39)34-12-5-2-6-13-34/h1-28H. The van der Waals surface area contributed by atoms with Crippen LogP contribution in [0.3, 0.4) is 0 Å². The van der Waals surface area contributed by atoms with Crippen molar-refractivity contribution in [2.75, 3.05) is 0 Å². The molecule has 54 heavy (non-hydrogen) atoms. The molecule has 0 spiro atoms. The molecule has 3 heterocycles. The number of rotatable bonds is 5. The normalized spacial score (nSPS) is 11.7. The summed E-state index contributed by atoms with van der Waals surface area (Å²) in [6.45, 7) is 0. The van der Waals surface area contributed by atoms with Crippen LogP contribution in [0.5, 0.6) is 0 Å². The van der Waals surface area contributed by atoms with E-state index in [0.29, 0.717) is 23.4 Å². The van der Waals surface area contributed by atoms with Gasteiger partial charge in [0.2, 0.25) is 5.89 Å². The molecule has 252 valence electrons. The highest BCUT2D eigenvalue weighted by molar-refractivity contribution is 7.26. The molecular formula is C48H28N4OS. The predicted molar refractivity (Wildman–Crippen MR) is 222 cm³/mol. The van der Waals surface area contributed by atoms with Crippen LogP contribution in [0.15, 0.2) is 174 Å². The maximum atomic E-state index is 6.55. The molecule has 0 atom stereocenters. The van der Waals surface area contributed by atoms with Crippen LogP contribution in [0.1, 0.15) is 0 Å². The lowest BCUT2D eigenvalue weighted by molar-refractivity contribution is 0.623. The summed E-state index contributed by atoms with van der Waals surface area (Å²) < 4.78 is 8.89. The van der Waals surface area contributed by atoms with Crippen molar-refractivity contribution in [1.29, 1.82) is 0 Å². The van der Waals surface area contributed by atoms with Crippen LogP contribution in [0.4, 0.5) is 0 Å². The maximum absolute atomic E-state index is 6.55. The number of thiophene rings is 1. The first kappa shape index (κ1) is 30.6. The molecule has 0 radical (unpaired) electrons. The van der Waals surface area contributed by atoms with Gasteiger partial charge < -0.3 is 4.42 Å². The average molecular weight is 709 g/mol. The minimum Gasteiger partial charge on any atom is -0.435 e. The number of fused-ring (bicyclic) bond motifs is 8. The van der Waals surface area contributed by atoms with Gasteiger partial charge in [0.05, 0.1) is 0 Å². The Bertz CT molecular complexity index is 3210. The number of oxazole rings is 1. The van der Waals surface area contributed by atoms with E-state index in [2.05, 4.69) is 109 Å². The molecule has 11 rings (SSSR count). The van der Waals surface area contributed by atoms with Gasteiger partial charge in [-0.15, -0.1) is 11.3 Å². The van der Waals surface area contributed by atoms with E-state index in [0.717, 1.165) is 65.2 Å². The van der Waals surface area contributed by atoms with Gasteiger partial charge in [0.15, 0.2) is 23.1 Å². The van der Waals surface area contributed by atoms with Crippen molar-refractivity contribution in [2.24, 2.45) is 0 Å². The molecular weight excluding hydrogens is 681 g/mol. The number of hydrogen-bond acceptors (Lipinski definition) is 6. The van der Waals surface area contributed by atoms with E-state index in [4.69, 9.17) is 24.4 Å². The summed E-state index contributed by atoms with van der Waals surface area (Å²) in [7, 11) is 0. The molecule has 3 aromatic heterocycles. The van der Waals surface area contributed by atoms with Crippen molar-refractivity contribution < 1.29 is 4.42 Å². The van der Waals surface area contributed by atoms with Gasteiger partial charge in [0.25, 0.3) is 0 Å². The number of hydrogen-bond donors (Lipinski definition) is 0. The lowest BCUT2D eigenvalue weighted by atomic mass is 10.00. The van der Waals surface area contributed by atoms with E-state index >= 15 is 0 Å². The van der Waals surface area contributed by atoms with Crippen molar-refractivity contribution in [1.82, 2.24) is 19.9 Å². The Labute approximate surface area is 313 Å². The summed E-state index contributed by atoms with van der Waals surface area (Å²) in [5, 5.41) is 6.93. The van der Waals surface area contributed by atoms with Crippen molar-refractivity contribution in [3.8, 4) is 56.7 Å². The Hall–Kier alpha value is -7.02. The van der Waals surface area contributed by atoms with Crippen molar-refractivity contribution in [2.45, 2.75) is 0 Å². The van der Waals surface area contributed by atoms with E-state index < -0.39 is 0 Å². The molecule has 0 aliphatic carbocycles. The highest BCUT2D eigenvalue weighted by Crippen LogP contribution is 2.43. The molecule has 6 heteroatoms. The van der Waals surface area contributed by atoms with Crippen molar-refractivity contribution >= 4 is 64.2 Å². The van der Waals surface area contributed by atoms with Crippen molar-refractivity contribution in [3.05, 3.63) is 170 Å². The van der Waals surface area contributed by atoms with Gasteiger partial charge in [-0.05, 0) is 75.1 Å². The molecule has 8 aromatic carbocycles. The van der Waals surface area contributed by atoms with Crippen LogP contribution in [0, 0.1) is 0 Å². The van der Waals surface area contributed by atoms with Crippen molar-refractivity contribution in [3.63, 3.8) is 0 Å². The van der Waals surface area contributed by atoms with Gasteiger partial charge >= 0.3 is 0 Å². The zero-order chi connectivity index (χ0) is 35.6. The zero-order valence-corrected chi connectivity index (χ0v) is 29.6. The first-order chi connectivity index (χ1) is 26.7. The van der Waals surface area contributed by atoms with Crippen LogP contribution >= 0.6 is 11.3 Å². The van der Waals surface area contributed by atoms with E-state index in [-0.39, 0.29) is 0 Å². The summed E-state index contributed by atoms with van der Waals surface area (Å²) in [6.07, 6.45) is 0. The minimum atomic E-state index is 0.618. The monoisotopic (exact) mass is 708 g/mol. The molecule has 0 bridgehead atoms. The largest absolute Gasteiger partial charge is 0.435 e. The fourth-order valence-electron chi connectivity index (χ4n) is 7.43. The molecule has 0 aliphatic heterocycles. The Kier molecular flexibility index (Phi) is 6.97. The van der Waals surface area contributed by atoms with E-state index in [9.17, 15) is 0 Å². The second-order valence-electron chi connectivity index (χ2n) is 13.5. The van der Waals surface area contributed by atoms with Gasteiger partial charge in [0.1, 0.15) is 5.52 Å². The van der Waals surface area contributed by atoms with Crippen LogP contribution in [0.2, 0.25) is 0 Å². The number of benzene rings is 8. The predicted octanol–water partition coefficient (Wildman–Crippen LogP) is 13.0. The van der Waals surface area contributed by atoms with Gasteiger partial charge in [-0.2, -0.15) is 0 Å². The fraction of sp³-hybridized carbons (Fsp3) is 0. The average Bonchev–Trinajstić information content (AvgIpc) is 3.86. The van der Waals surface area contributed by atoms with Crippen LogP contribution in [0.25, 0.3) is 110 Å². The molecule has 5 nitrogen and oxygen atoms in total. The molecule has 0 saturated carbocycles. The molecule has 0 amide bonds. The first-order valence-corrected chi connectivity index (χ1v) is 18.7. The minimum absolute atomic E-state index is 0.618. The SMILES string of the molecule is c1ccc(-c2nc(-c3ccc(-c4ccc5ccccc5c4)cc3)nc(-c3ccc4ccc5sc6ccc7nc(-c8ccccc8)oc7c6c5c4c3)n2)cc1. The second-order valence-corrected chi connectivity index (χ2v) is 14.5.